The summed E-state index contributed by atoms with van der Waals surface area (Å²) in [5, 5.41) is 5.76. The third kappa shape index (κ3) is 5.72. The van der Waals surface area contributed by atoms with Crippen LogP contribution in [0.4, 0.5) is 17.1 Å². The van der Waals surface area contributed by atoms with E-state index < -0.39 is 23.7 Å². The molecule has 4 rings (SSSR count). The van der Waals surface area contributed by atoms with E-state index in [2.05, 4.69) is 10.6 Å². The van der Waals surface area contributed by atoms with Crippen LogP contribution in [0.5, 0.6) is 0 Å². The SMILES string of the molecule is Cc1ccc(N2C(=O)C(Cl)=C(Nc3ccc(C(=O)Nc4cccc(C(=O)OC(C)C)c4)cc3)C2=O)cc1Cl. The lowest BCUT2D eigenvalue weighted by molar-refractivity contribution is -0.120. The average molecular weight is 552 g/mol. The number of esters is 1. The molecule has 0 aromatic heterocycles. The number of carbonyl (C=O) groups excluding carboxylic acids is 4. The molecule has 8 nitrogen and oxygen atoms in total. The Morgan fingerprint density at radius 2 is 1.58 bits per heavy atom. The summed E-state index contributed by atoms with van der Waals surface area (Å²) in [6.07, 6.45) is -0.264. The molecule has 3 amide bonds. The van der Waals surface area contributed by atoms with Crippen LogP contribution >= 0.6 is 23.2 Å². The molecule has 10 heteroatoms. The van der Waals surface area contributed by atoms with E-state index in [-0.39, 0.29) is 16.8 Å². The molecule has 0 bridgehead atoms. The highest BCUT2D eigenvalue weighted by Crippen LogP contribution is 2.32. The number of rotatable bonds is 7. The summed E-state index contributed by atoms with van der Waals surface area (Å²) in [6.45, 7) is 5.31. The fourth-order valence-electron chi connectivity index (χ4n) is 3.63. The second-order valence-corrected chi connectivity index (χ2v) is 9.54. The van der Waals surface area contributed by atoms with E-state index in [4.69, 9.17) is 27.9 Å². The maximum absolute atomic E-state index is 13.0. The minimum atomic E-state index is -0.672. The number of carbonyl (C=O) groups is 4. The number of benzene rings is 3. The third-order valence-corrected chi connectivity index (χ3v) is 6.31. The standard InChI is InChI=1S/C28H23Cl2N3O5/c1-15(2)38-28(37)18-5-4-6-20(13-18)32-25(34)17-8-10-19(11-9-17)31-24-23(30)26(35)33(27(24)36)21-12-7-16(3)22(29)14-21/h4-15,31H,1-3H3,(H,32,34). The van der Waals surface area contributed by atoms with E-state index in [0.29, 0.717) is 33.2 Å². The monoisotopic (exact) mass is 551 g/mol. The number of anilines is 3. The third-order valence-electron chi connectivity index (χ3n) is 5.56. The predicted molar refractivity (Wildman–Crippen MR) is 147 cm³/mol. The van der Waals surface area contributed by atoms with Gasteiger partial charge in [-0.15, -0.1) is 0 Å². The molecular formula is C28H23Cl2N3O5. The van der Waals surface area contributed by atoms with Crippen LogP contribution in [0.3, 0.4) is 0 Å². The Kier molecular flexibility index (Phi) is 7.85. The molecule has 0 unspecified atom stereocenters. The molecule has 0 spiro atoms. The number of hydrogen-bond donors (Lipinski definition) is 2. The van der Waals surface area contributed by atoms with E-state index in [1.165, 1.54) is 12.1 Å². The van der Waals surface area contributed by atoms with Crippen LogP contribution in [0.25, 0.3) is 0 Å². The smallest absolute Gasteiger partial charge is 0.338 e. The number of imide groups is 1. The van der Waals surface area contributed by atoms with Crippen molar-refractivity contribution in [2.75, 3.05) is 15.5 Å². The summed E-state index contributed by atoms with van der Waals surface area (Å²) in [5.74, 6) is -2.19. The lowest BCUT2D eigenvalue weighted by Gasteiger charge is -2.16. The Hall–Kier alpha value is -4.14. The summed E-state index contributed by atoms with van der Waals surface area (Å²) in [5.41, 5.74) is 2.54. The minimum absolute atomic E-state index is 0.0873. The van der Waals surface area contributed by atoms with Gasteiger partial charge in [-0.1, -0.05) is 35.3 Å². The van der Waals surface area contributed by atoms with Crippen LogP contribution in [-0.4, -0.2) is 29.8 Å². The molecule has 194 valence electrons. The summed E-state index contributed by atoms with van der Waals surface area (Å²) < 4.78 is 5.19. The molecule has 3 aromatic carbocycles. The highest BCUT2D eigenvalue weighted by molar-refractivity contribution is 6.53. The van der Waals surface area contributed by atoms with Crippen molar-refractivity contribution in [3.8, 4) is 0 Å². The molecule has 0 aliphatic carbocycles. The van der Waals surface area contributed by atoms with Crippen LogP contribution < -0.4 is 15.5 Å². The zero-order valence-electron chi connectivity index (χ0n) is 20.7. The zero-order chi connectivity index (χ0) is 27.6. The Labute approximate surface area is 229 Å². The van der Waals surface area contributed by atoms with Crippen LogP contribution in [-0.2, 0) is 14.3 Å². The van der Waals surface area contributed by atoms with Crippen molar-refractivity contribution in [3.05, 3.63) is 99.2 Å². The van der Waals surface area contributed by atoms with Gasteiger partial charge in [0, 0.05) is 22.0 Å². The molecule has 2 N–H and O–H groups in total. The maximum atomic E-state index is 13.0. The van der Waals surface area contributed by atoms with Crippen molar-refractivity contribution >= 4 is 64.0 Å². The van der Waals surface area contributed by atoms with Crippen molar-refractivity contribution in [2.24, 2.45) is 0 Å². The van der Waals surface area contributed by atoms with E-state index in [9.17, 15) is 19.2 Å². The van der Waals surface area contributed by atoms with Gasteiger partial charge < -0.3 is 15.4 Å². The van der Waals surface area contributed by atoms with E-state index in [0.717, 1.165) is 10.5 Å². The second kappa shape index (κ2) is 11.1. The Bertz CT molecular complexity index is 1480. The molecule has 0 saturated heterocycles. The molecule has 38 heavy (non-hydrogen) atoms. The number of halogens is 2. The van der Waals surface area contributed by atoms with Crippen molar-refractivity contribution in [3.63, 3.8) is 0 Å². The van der Waals surface area contributed by atoms with Crippen LogP contribution in [0.15, 0.2) is 77.5 Å². The van der Waals surface area contributed by atoms with Gasteiger partial charge in [0.25, 0.3) is 17.7 Å². The molecule has 1 aliphatic heterocycles. The van der Waals surface area contributed by atoms with Gasteiger partial charge in [-0.25, -0.2) is 9.69 Å². The molecule has 3 aromatic rings. The van der Waals surface area contributed by atoms with Gasteiger partial charge in [-0.05, 0) is 80.9 Å². The summed E-state index contributed by atoms with van der Waals surface area (Å²) >= 11 is 12.4. The molecule has 1 aliphatic rings. The first kappa shape index (κ1) is 26.9. The number of nitrogens with zero attached hydrogens (tertiary/aromatic N) is 1. The van der Waals surface area contributed by atoms with Gasteiger partial charge in [-0.2, -0.15) is 0 Å². The van der Waals surface area contributed by atoms with Crippen molar-refractivity contribution in [1.82, 2.24) is 0 Å². The van der Waals surface area contributed by atoms with Gasteiger partial charge in [0.15, 0.2) is 0 Å². The van der Waals surface area contributed by atoms with Crippen LogP contribution in [0.2, 0.25) is 5.02 Å². The number of hydrogen-bond acceptors (Lipinski definition) is 6. The minimum Gasteiger partial charge on any atom is -0.459 e. The topological polar surface area (TPSA) is 105 Å². The molecule has 0 fully saturated rings. The summed E-state index contributed by atoms with van der Waals surface area (Å²) in [6, 6.07) is 17.5. The average Bonchev–Trinajstić information content (AvgIpc) is 3.09. The van der Waals surface area contributed by atoms with Crippen molar-refractivity contribution in [1.29, 1.82) is 0 Å². The lowest BCUT2D eigenvalue weighted by atomic mass is 10.1. The molecule has 1 heterocycles. The maximum Gasteiger partial charge on any atom is 0.338 e. The largest absolute Gasteiger partial charge is 0.459 e. The Morgan fingerprint density at radius 1 is 0.868 bits per heavy atom. The highest BCUT2D eigenvalue weighted by Gasteiger charge is 2.39. The van der Waals surface area contributed by atoms with Crippen molar-refractivity contribution < 1.29 is 23.9 Å². The Balaban J connectivity index is 1.45. The van der Waals surface area contributed by atoms with E-state index in [1.807, 2.05) is 6.92 Å². The van der Waals surface area contributed by atoms with Gasteiger partial charge in [-0.3, -0.25) is 14.4 Å². The van der Waals surface area contributed by atoms with Gasteiger partial charge in [0.1, 0.15) is 10.7 Å². The first-order valence-electron chi connectivity index (χ1n) is 11.6. The molecule has 0 saturated carbocycles. The lowest BCUT2D eigenvalue weighted by Crippen LogP contribution is -2.32. The normalized spacial score (nSPS) is 13.3. The number of ether oxygens (including phenoxy) is 1. The molecule has 0 atom stereocenters. The zero-order valence-corrected chi connectivity index (χ0v) is 22.2. The number of aryl methyl sites for hydroxylation is 1. The summed E-state index contributed by atoms with van der Waals surface area (Å²) in [4.78, 5) is 51.5. The van der Waals surface area contributed by atoms with Gasteiger partial charge in [0.05, 0.1) is 17.4 Å². The van der Waals surface area contributed by atoms with Crippen molar-refractivity contribution in [2.45, 2.75) is 26.9 Å². The Morgan fingerprint density at radius 3 is 2.24 bits per heavy atom. The predicted octanol–water partition coefficient (Wildman–Crippen LogP) is 5.90. The molecule has 0 radical (unpaired) electrons. The summed E-state index contributed by atoms with van der Waals surface area (Å²) in [7, 11) is 0. The second-order valence-electron chi connectivity index (χ2n) is 8.76. The molecular weight excluding hydrogens is 529 g/mol. The highest BCUT2D eigenvalue weighted by atomic mass is 35.5. The van der Waals surface area contributed by atoms with Crippen LogP contribution in [0.1, 0.15) is 40.1 Å². The quantitative estimate of drug-likeness (QED) is 0.279. The fraction of sp³-hybridized carbons (Fsp3) is 0.143. The number of nitrogens with one attached hydrogen (secondary N) is 2. The van der Waals surface area contributed by atoms with Gasteiger partial charge >= 0.3 is 5.97 Å². The van der Waals surface area contributed by atoms with Crippen LogP contribution in [0, 0.1) is 6.92 Å². The van der Waals surface area contributed by atoms with E-state index >= 15 is 0 Å². The van der Waals surface area contributed by atoms with E-state index in [1.54, 1.807) is 68.4 Å². The fourth-order valence-corrected chi connectivity index (χ4v) is 4.01. The first-order chi connectivity index (χ1) is 18.0. The number of amides is 3. The van der Waals surface area contributed by atoms with Gasteiger partial charge in [0.2, 0.25) is 0 Å². The first-order valence-corrected chi connectivity index (χ1v) is 12.3.